The topological polar surface area (TPSA) is 15.3 Å². The third-order valence-corrected chi connectivity index (χ3v) is 4.46. The fourth-order valence-corrected chi connectivity index (χ4v) is 3.65. The van der Waals surface area contributed by atoms with Crippen LogP contribution in [-0.4, -0.2) is 37.1 Å². The van der Waals surface area contributed by atoms with E-state index < -0.39 is 0 Å². The summed E-state index contributed by atoms with van der Waals surface area (Å²) in [4.78, 5) is 2.80. The summed E-state index contributed by atoms with van der Waals surface area (Å²) in [6.45, 7) is 7.42. The van der Waals surface area contributed by atoms with Gasteiger partial charge in [0.05, 0.1) is 0 Å². The van der Waals surface area contributed by atoms with E-state index in [1.54, 1.807) is 0 Å². The lowest BCUT2D eigenvalue weighted by molar-refractivity contribution is 0.101. The molecule has 0 radical (unpaired) electrons. The molecule has 0 amide bonds. The molecule has 0 spiro atoms. The van der Waals surface area contributed by atoms with Crippen LogP contribution >= 0.6 is 0 Å². The lowest BCUT2D eigenvalue weighted by Gasteiger charge is -2.38. The van der Waals surface area contributed by atoms with Crippen molar-refractivity contribution in [3.63, 3.8) is 0 Å². The Balaban J connectivity index is 2.02. The van der Waals surface area contributed by atoms with Crippen LogP contribution in [0.2, 0.25) is 0 Å². The molecule has 1 aliphatic heterocycles. The number of rotatable bonds is 3. The van der Waals surface area contributed by atoms with Gasteiger partial charge in [-0.1, -0.05) is 20.3 Å². The predicted octanol–water partition coefficient (Wildman–Crippen LogP) is 2.25. The van der Waals surface area contributed by atoms with Crippen molar-refractivity contribution in [2.24, 2.45) is 5.41 Å². The normalized spacial score (nSPS) is 36.2. The maximum atomic E-state index is 3.35. The van der Waals surface area contributed by atoms with Crippen LogP contribution in [0.15, 0.2) is 0 Å². The van der Waals surface area contributed by atoms with E-state index in [4.69, 9.17) is 0 Å². The lowest BCUT2D eigenvalue weighted by Crippen LogP contribution is -2.47. The zero-order chi connectivity index (χ0) is 10.9. The summed E-state index contributed by atoms with van der Waals surface area (Å²) in [6, 6.07) is 1.65. The maximum Gasteiger partial charge on any atom is 0.0224 e. The number of likely N-dealkylation sites (N-methyl/N-ethyl adjacent to an activating group) is 1. The Bertz CT molecular complexity index is 213. The molecule has 1 N–H and O–H groups in total. The third kappa shape index (κ3) is 2.21. The van der Waals surface area contributed by atoms with Crippen LogP contribution in [0.1, 0.15) is 46.0 Å². The smallest absolute Gasteiger partial charge is 0.0224 e. The Hall–Kier alpha value is -0.0800. The zero-order valence-corrected chi connectivity index (χ0v) is 10.6. The molecule has 88 valence electrons. The minimum atomic E-state index is 0.552. The molecule has 2 unspecified atom stereocenters. The number of nitrogens with one attached hydrogen (secondary N) is 1. The highest BCUT2D eigenvalue weighted by atomic mass is 15.2. The Morgan fingerprint density at radius 1 is 1.27 bits per heavy atom. The van der Waals surface area contributed by atoms with Crippen molar-refractivity contribution in [1.82, 2.24) is 10.2 Å². The van der Waals surface area contributed by atoms with Crippen LogP contribution < -0.4 is 5.32 Å². The summed E-state index contributed by atoms with van der Waals surface area (Å²) in [5.41, 5.74) is 0.552. The van der Waals surface area contributed by atoms with E-state index in [0.717, 1.165) is 12.1 Å². The number of hydrogen-bond acceptors (Lipinski definition) is 2. The molecule has 2 fully saturated rings. The molecular formula is C13H26N2. The molecule has 1 saturated heterocycles. The van der Waals surface area contributed by atoms with Crippen molar-refractivity contribution >= 4 is 0 Å². The van der Waals surface area contributed by atoms with Crippen molar-refractivity contribution in [1.29, 1.82) is 0 Å². The summed E-state index contributed by atoms with van der Waals surface area (Å²) in [5.74, 6) is 0. The molecule has 0 aromatic rings. The molecule has 1 heterocycles. The predicted molar refractivity (Wildman–Crippen MR) is 65.1 cm³/mol. The fourth-order valence-electron chi connectivity index (χ4n) is 3.65. The molecule has 0 aromatic heterocycles. The zero-order valence-electron chi connectivity index (χ0n) is 10.6. The van der Waals surface area contributed by atoms with Crippen LogP contribution in [0, 0.1) is 5.41 Å². The Labute approximate surface area is 94.4 Å². The minimum absolute atomic E-state index is 0.552. The second-order valence-corrected chi connectivity index (χ2v) is 5.99. The van der Waals surface area contributed by atoms with Crippen LogP contribution in [0.5, 0.6) is 0 Å². The second-order valence-electron chi connectivity index (χ2n) is 5.99. The largest absolute Gasteiger partial charge is 0.318 e. The molecule has 2 atom stereocenters. The summed E-state index contributed by atoms with van der Waals surface area (Å²) < 4.78 is 0. The Morgan fingerprint density at radius 3 is 2.67 bits per heavy atom. The lowest BCUT2D eigenvalue weighted by atomic mass is 9.86. The van der Waals surface area contributed by atoms with Gasteiger partial charge in [0.15, 0.2) is 0 Å². The van der Waals surface area contributed by atoms with Crippen molar-refractivity contribution in [2.45, 2.75) is 58.0 Å². The molecule has 0 bridgehead atoms. The number of nitrogens with zero attached hydrogens (tertiary/aromatic N) is 1. The highest BCUT2D eigenvalue weighted by Gasteiger charge is 2.41. The van der Waals surface area contributed by atoms with E-state index >= 15 is 0 Å². The summed E-state index contributed by atoms with van der Waals surface area (Å²) in [6.07, 6.45) is 7.07. The van der Waals surface area contributed by atoms with Crippen molar-refractivity contribution in [3.8, 4) is 0 Å². The minimum Gasteiger partial charge on any atom is -0.318 e. The first-order chi connectivity index (χ1) is 7.15. The monoisotopic (exact) mass is 210 g/mol. The van der Waals surface area contributed by atoms with Gasteiger partial charge >= 0.3 is 0 Å². The van der Waals surface area contributed by atoms with Gasteiger partial charge < -0.3 is 5.32 Å². The summed E-state index contributed by atoms with van der Waals surface area (Å²) in [5, 5.41) is 3.35. The van der Waals surface area contributed by atoms with E-state index in [2.05, 4.69) is 31.1 Å². The van der Waals surface area contributed by atoms with Crippen molar-refractivity contribution < 1.29 is 0 Å². The van der Waals surface area contributed by atoms with Gasteiger partial charge in [-0.2, -0.15) is 0 Å². The van der Waals surface area contributed by atoms with E-state index in [1.165, 1.54) is 45.2 Å². The van der Waals surface area contributed by atoms with E-state index in [-0.39, 0.29) is 0 Å². The van der Waals surface area contributed by atoms with Crippen LogP contribution in [0.25, 0.3) is 0 Å². The standard InChI is InChI=1S/C13H26N2/c1-13(2)8-4-7-12(13)15-9-5-6-11(15)10-14-3/h11-12,14H,4-10H2,1-3H3. The average Bonchev–Trinajstić information content (AvgIpc) is 2.72. The second kappa shape index (κ2) is 4.42. The average molecular weight is 210 g/mol. The van der Waals surface area contributed by atoms with Crippen LogP contribution in [-0.2, 0) is 0 Å². The van der Waals surface area contributed by atoms with Gasteiger partial charge in [0.25, 0.3) is 0 Å². The molecule has 2 heteroatoms. The number of hydrogen-bond donors (Lipinski definition) is 1. The molecule has 2 aliphatic rings. The quantitative estimate of drug-likeness (QED) is 0.768. The third-order valence-electron chi connectivity index (χ3n) is 4.46. The SMILES string of the molecule is CNCC1CCCN1C1CCCC1(C)C. The van der Waals surface area contributed by atoms with Gasteiger partial charge in [-0.15, -0.1) is 0 Å². The maximum absolute atomic E-state index is 3.35. The van der Waals surface area contributed by atoms with E-state index in [0.29, 0.717) is 5.41 Å². The van der Waals surface area contributed by atoms with Crippen LogP contribution in [0.3, 0.4) is 0 Å². The van der Waals surface area contributed by atoms with Gasteiger partial charge in [0.2, 0.25) is 0 Å². The Kier molecular flexibility index (Phi) is 3.36. The summed E-state index contributed by atoms with van der Waals surface area (Å²) in [7, 11) is 2.08. The van der Waals surface area contributed by atoms with Gasteiger partial charge in [-0.3, -0.25) is 4.90 Å². The van der Waals surface area contributed by atoms with E-state index in [9.17, 15) is 0 Å². The van der Waals surface area contributed by atoms with Crippen LogP contribution in [0.4, 0.5) is 0 Å². The van der Waals surface area contributed by atoms with Gasteiger partial charge in [-0.05, 0) is 44.7 Å². The van der Waals surface area contributed by atoms with Gasteiger partial charge in [0.1, 0.15) is 0 Å². The fraction of sp³-hybridized carbons (Fsp3) is 1.00. The van der Waals surface area contributed by atoms with E-state index in [1.807, 2.05) is 0 Å². The highest BCUT2D eigenvalue weighted by Crippen LogP contribution is 2.42. The molecule has 2 nitrogen and oxygen atoms in total. The first-order valence-corrected chi connectivity index (χ1v) is 6.55. The molecule has 15 heavy (non-hydrogen) atoms. The first kappa shape index (κ1) is 11.4. The first-order valence-electron chi connectivity index (χ1n) is 6.55. The molecular weight excluding hydrogens is 184 g/mol. The highest BCUT2D eigenvalue weighted by molar-refractivity contribution is 4.96. The van der Waals surface area contributed by atoms with Gasteiger partial charge in [0, 0.05) is 18.6 Å². The van der Waals surface area contributed by atoms with Gasteiger partial charge in [-0.25, -0.2) is 0 Å². The number of likely N-dealkylation sites (tertiary alicyclic amines) is 1. The molecule has 1 aliphatic carbocycles. The summed E-state index contributed by atoms with van der Waals surface area (Å²) >= 11 is 0. The molecule has 0 aromatic carbocycles. The van der Waals surface area contributed by atoms with Crippen molar-refractivity contribution in [2.75, 3.05) is 20.1 Å². The molecule has 2 rings (SSSR count). The molecule has 1 saturated carbocycles. The Morgan fingerprint density at radius 2 is 2.07 bits per heavy atom. The van der Waals surface area contributed by atoms with Crippen molar-refractivity contribution in [3.05, 3.63) is 0 Å².